The van der Waals surface area contributed by atoms with Gasteiger partial charge in [0, 0.05) is 17.8 Å². The van der Waals surface area contributed by atoms with Crippen molar-refractivity contribution in [3.05, 3.63) is 47.2 Å². The van der Waals surface area contributed by atoms with Crippen LogP contribution in [0.5, 0.6) is 0 Å². The molecule has 0 fully saturated rings. The van der Waals surface area contributed by atoms with Gasteiger partial charge in [0.15, 0.2) is 0 Å². The van der Waals surface area contributed by atoms with Gasteiger partial charge >= 0.3 is 5.97 Å². The quantitative estimate of drug-likeness (QED) is 0.883. The van der Waals surface area contributed by atoms with Gasteiger partial charge in [0.1, 0.15) is 10.6 Å². The van der Waals surface area contributed by atoms with Crippen molar-refractivity contribution in [1.29, 1.82) is 0 Å². The molecule has 112 valence electrons. The van der Waals surface area contributed by atoms with E-state index in [-0.39, 0.29) is 10.6 Å². The van der Waals surface area contributed by atoms with Crippen molar-refractivity contribution in [2.45, 2.75) is 18.4 Å². The zero-order chi connectivity index (χ0) is 15.6. The molecule has 2 rings (SSSR count). The van der Waals surface area contributed by atoms with E-state index in [0.717, 1.165) is 6.07 Å². The van der Waals surface area contributed by atoms with Gasteiger partial charge in [0.05, 0.1) is 5.69 Å². The zero-order valence-electron chi connectivity index (χ0n) is 11.1. The van der Waals surface area contributed by atoms with Gasteiger partial charge in [0.25, 0.3) is 10.0 Å². The maximum atomic E-state index is 12.3. The van der Waals surface area contributed by atoms with Gasteiger partial charge in [-0.25, -0.2) is 13.2 Å². The summed E-state index contributed by atoms with van der Waals surface area (Å²) >= 11 is 5.80. The molecule has 0 radical (unpaired) electrons. The number of aromatic carboxylic acids is 1. The van der Waals surface area contributed by atoms with E-state index in [9.17, 15) is 13.2 Å². The van der Waals surface area contributed by atoms with Crippen LogP contribution >= 0.6 is 11.6 Å². The number of carboxylic acids is 1. The molecule has 0 aliphatic rings. The van der Waals surface area contributed by atoms with Crippen LogP contribution in [0.15, 0.2) is 41.4 Å². The van der Waals surface area contributed by atoms with E-state index in [1.807, 2.05) is 0 Å². The maximum absolute atomic E-state index is 12.3. The lowest BCUT2D eigenvalue weighted by molar-refractivity contribution is 0.0685. The number of anilines is 1. The summed E-state index contributed by atoms with van der Waals surface area (Å²) in [7, 11) is -3.87. The zero-order valence-corrected chi connectivity index (χ0v) is 12.6. The lowest BCUT2D eigenvalue weighted by Crippen LogP contribution is -2.12. The Hall–Kier alpha value is -1.99. The van der Waals surface area contributed by atoms with Crippen LogP contribution in [-0.4, -0.2) is 24.1 Å². The predicted molar refractivity (Wildman–Crippen MR) is 79.3 cm³/mol. The van der Waals surface area contributed by atoms with Crippen molar-refractivity contribution in [2.75, 3.05) is 4.72 Å². The van der Waals surface area contributed by atoms with Crippen LogP contribution in [0.4, 0.5) is 5.69 Å². The number of nitrogens with zero attached hydrogens (tertiary/aromatic N) is 1. The van der Waals surface area contributed by atoms with Gasteiger partial charge < -0.3 is 9.67 Å². The van der Waals surface area contributed by atoms with Crippen molar-refractivity contribution in [1.82, 2.24) is 4.57 Å². The third-order valence-corrected chi connectivity index (χ3v) is 4.40. The number of hydrogen-bond acceptors (Lipinski definition) is 3. The molecule has 21 heavy (non-hydrogen) atoms. The number of aromatic nitrogens is 1. The fraction of sp³-hybridized carbons (Fsp3) is 0.154. The number of rotatable bonds is 5. The summed E-state index contributed by atoms with van der Waals surface area (Å²) in [6.45, 7) is 2.08. The normalized spacial score (nSPS) is 11.3. The predicted octanol–water partition coefficient (Wildman–Crippen LogP) is 2.66. The van der Waals surface area contributed by atoms with Crippen LogP contribution in [0.1, 0.15) is 17.4 Å². The highest BCUT2D eigenvalue weighted by molar-refractivity contribution is 7.92. The first kappa shape index (κ1) is 15.4. The lowest BCUT2D eigenvalue weighted by Gasteiger charge is -2.06. The van der Waals surface area contributed by atoms with Gasteiger partial charge in [-0.3, -0.25) is 4.72 Å². The van der Waals surface area contributed by atoms with Gasteiger partial charge in [-0.1, -0.05) is 17.7 Å². The van der Waals surface area contributed by atoms with Crippen molar-refractivity contribution in [2.24, 2.45) is 0 Å². The molecule has 6 nitrogen and oxygen atoms in total. The summed E-state index contributed by atoms with van der Waals surface area (Å²) in [6, 6.07) is 7.38. The van der Waals surface area contributed by atoms with Crippen molar-refractivity contribution in [3.8, 4) is 0 Å². The Balaban J connectivity index is 2.38. The van der Waals surface area contributed by atoms with Crippen molar-refractivity contribution < 1.29 is 18.3 Å². The maximum Gasteiger partial charge on any atom is 0.352 e. The highest BCUT2D eigenvalue weighted by Gasteiger charge is 2.21. The highest BCUT2D eigenvalue weighted by Crippen LogP contribution is 2.21. The Morgan fingerprint density at radius 1 is 1.38 bits per heavy atom. The van der Waals surface area contributed by atoms with E-state index in [0.29, 0.717) is 17.3 Å². The summed E-state index contributed by atoms with van der Waals surface area (Å²) in [5.41, 5.74) is 0.229. The molecule has 0 aliphatic heterocycles. The molecule has 2 aromatic rings. The molecule has 0 atom stereocenters. The second-order valence-corrected chi connectivity index (χ2v) is 6.39. The topological polar surface area (TPSA) is 88.4 Å². The number of sulfonamides is 1. The van der Waals surface area contributed by atoms with Crippen LogP contribution in [0.2, 0.25) is 5.02 Å². The molecule has 0 amide bonds. The summed E-state index contributed by atoms with van der Waals surface area (Å²) in [5.74, 6) is -1.18. The van der Waals surface area contributed by atoms with E-state index in [4.69, 9.17) is 16.7 Å². The monoisotopic (exact) mass is 328 g/mol. The summed E-state index contributed by atoms with van der Waals surface area (Å²) in [4.78, 5) is 11.0. The number of nitrogens with one attached hydrogen (secondary N) is 1. The molecule has 0 unspecified atom stereocenters. The standard InChI is InChI=1S/C13H13ClN2O4S/c1-2-16-8-11(7-12(16)13(17)18)21(19,20)15-10-5-3-4-9(14)6-10/h3-8,15H,2H2,1H3,(H,17,18). The Morgan fingerprint density at radius 2 is 2.10 bits per heavy atom. The smallest absolute Gasteiger partial charge is 0.352 e. The molecule has 0 bridgehead atoms. The molecule has 0 saturated heterocycles. The second-order valence-electron chi connectivity index (χ2n) is 4.27. The minimum Gasteiger partial charge on any atom is -0.477 e. The minimum atomic E-state index is -3.87. The lowest BCUT2D eigenvalue weighted by atomic mass is 10.3. The Labute approximate surface area is 127 Å². The van der Waals surface area contributed by atoms with E-state index < -0.39 is 16.0 Å². The Bertz CT molecular complexity index is 783. The molecule has 8 heteroatoms. The highest BCUT2D eigenvalue weighted by atomic mass is 35.5. The van der Waals surface area contributed by atoms with Crippen LogP contribution in [0.3, 0.4) is 0 Å². The average molecular weight is 329 g/mol. The number of halogens is 1. The molecular weight excluding hydrogens is 316 g/mol. The Morgan fingerprint density at radius 3 is 2.62 bits per heavy atom. The largest absolute Gasteiger partial charge is 0.477 e. The molecule has 1 heterocycles. The first-order valence-electron chi connectivity index (χ1n) is 6.05. The van der Waals surface area contributed by atoms with Crippen molar-refractivity contribution in [3.63, 3.8) is 0 Å². The van der Waals surface area contributed by atoms with Crippen LogP contribution in [-0.2, 0) is 16.6 Å². The second kappa shape index (κ2) is 5.79. The Kier molecular flexibility index (Phi) is 4.24. The van der Waals surface area contributed by atoms with Gasteiger partial charge in [-0.05, 0) is 31.2 Å². The fourth-order valence-corrected chi connectivity index (χ4v) is 3.12. The van der Waals surface area contributed by atoms with E-state index in [1.54, 1.807) is 25.1 Å². The SMILES string of the molecule is CCn1cc(S(=O)(=O)Nc2cccc(Cl)c2)cc1C(=O)O. The van der Waals surface area contributed by atoms with Gasteiger partial charge in [-0.15, -0.1) is 0 Å². The van der Waals surface area contributed by atoms with E-state index in [2.05, 4.69) is 4.72 Å². The van der Waals surface area contributed by atoms with E-state index >= 15 is 0 Å². The molecule has 2 N–H and O–H groups in total. The van der Waals surface area contributed by atoms with Crippen LogP contribution in [0.25, 0.3) is 0 Å². The number of benzene rings is 1. The molecule has 1 aromatic heterocycles. The number of carboxylic acid groups (broad SMARTS) is 1. The number of carbonyl (C=O) groups is 1. The third-order valence-electron chi connectivity index (χ3n) is 2.82. The molecule has 0 aliphatic carbocycles. The molecular formula is C13H13ClN2O4S. The van der Waals surface area contributed by atoms with Gasteiger partial charge in [0.2, 0.25) is 0 Å². The van der Waals surface area contributed by atoms with Crippen LogP contribution in [0, 0.1) is 0 Å². The third kappa shape index (κ3) is 3.37. The van der Waals surface area contributed by atoms with Crippen LogP contribution < -0.4 is 4.72 Å². The number of aryl methyl sites for hydroxylation is 1. The number of hydrogen-bond donors (Lipinski definition) is 2. The first-order chi connectivity index (χ1) is 9.83. The summed E-state index contributed by atoms with van der Waals surface area (Å²) in [5, 5.41) is 9.44. The summed E-state index contributed by atoms with van der Waals surface area (Å²) in [6.07, 6.45) is 1.29. The fourth-order valence-electron chi connectivity index (χ4n) is 1.84. The molecule has 0 spiro atoms. The van der Waals surface area contributed by atoms with E-state index in [1.165, 1.54) is 16.8 Å². The van der Waals surface area contributed by atoms with Crippen molar-refractivity contribution >= 4 is 33.3 Å². The summed E-state index contributed by atoms with van der Waals surface area (Å²) < 4.78 is 28.2. The molecule has 0 saturated carbocycles. The minimum absolute atomic E-state index is 0.0797. The first-order valence-corrected chi connectivity index (χ1v) is 7.91. The van der Waals surface area contributed by atoms with Gasteiger partial charge in [-0.2, -0.15) is 0 Å². The average Bonchev–Trinajstić information content (AvgIpc) is 2.83. The molecule has 1 aromatic carbocycles.